The second kappa shape index (κ2) is 6.18. The van der Waals surface area contributed by atoms with E-state index >= 15 is 0 Å². The first-order valence-corrected chi connectivity index (χ1v) is 8.81. The van der Waals surface area contributed by atoms with E-state index in [2.05, 4.69) is 52.8 Å². The van der Waals surface area contributed by atoms with Crippen molar-refractivity contribution < 1.29 is 0 Å². The summed E-state index contributed by atoms with van der Waals surface area (Å²) in [6.45, 7) is 7.64. The fourth-order valence-electron chi connectivity index (χ4n) is 3.07. The molecule has 0 saturated heterocycles. The van der Waals surface area contributed by atoms with Gasteiger partial charge in [-0.3, -0.25) is 0 Å². The monoisotopic (exact) mass is 304 g/mol. The maximum Gasteiger partial charge on any atom is 0.226 e. The molecule has 3 atom stereocenters. The van der Waals surface area contributed by atoms with E-state index in [9.17, 15) is 0 Å². The highest BCUT2D eigenvalue weighted by atomic mass is 32.1. The summed E-state index contributed by atoms with van der Waals surface area (Å²) in [6.07, 6.45) is 3.77. The zero-order chi connectivity index (χ0) is 14.8. The van der Waals surface area contributed by atoms with Crippen molar-refractivity contribution in [2.24, 2.45) is 11.8 Å². The van der Waals surface area contributed by atoms with Crippen LogP contribution >= 0.6 is 11.3 Å². The lowest BCUT2D eigenvalue weighted by Gasteiger charge is -2.32. The molecule has 3 unspecified atom stereocenters. The topological polar surface area (TPSA) is 49.8 Å². The van der Waals surface area contributed by atoms with E-state index < -0.39 is 0 Å². The van der Waals surface area contributed by atoms with E-state index in [4.69, 9.17) is 0 Å². The maximum absolute atomic E-state index is 4.67. The van der Waals surface area contributed by atoms with E-state index in [1.165, 1.54) is 19.3 Å². The molecule has 2 aromatic rings. The van der Waals surface area contributed by atoms with Gasteiger partial charge in [-0.1, -0.05) is 13.8 Å². The van der Waals surface area contributed by atoms with E-state index in [1.54, 1.807) is 11.3 Å². The minimum absolute atomic E-state index is 0.531. The summed E-state index contributed by atoms with van der Waals surface area (Å²) in [6, 6.07) is 2.65. The Bertz CT molecular complexity index is 609. The molecule has 1 aliphatic rings. The predicted octanol–water partition coefficient (Wildman–Crippen LogP) is 4.36. The summed E-state index contributed by atoms with van der Waals surface area (Å²) < 4.78 is 0. The summed E-state index contributed by atoms with van der Waals surface area (Å²) in [4.78, 5) is 10.3. The van der Waals surface area contributed by atoms with E-state index in [-0.39, 0.29) is 0 Å². The lowest BCUT2D eigenvalue weighted by Crippen LogP contribution is -2.30. The highest BCUT2D eigenvalue weighted by Crippen LogP contribution is 2.33. The van der Waals surface area contributed by atoms with E-state index in [0.717, 1.165) is 40.4 Å². The number of nitrogens with zero attached hydrogens (tertiary/aromatic N) is 2. The molecule has 21 heavy (non-hydrogen) atoms. The van der Waals surface area contributed by atoms with Crippen molar-refractivity contribution >= 4 is 33.3 Å². The number of hydrogen-bond acceptors (Lipinski definition) is 5. The van der Waals surface area contributed by atoms with E-state index in [0.29, 0.717) is 6.04 Å². The van der Waals surface area contributed by atoms with Crippen molar-refractivity contribution in [1.29, 1.82) is 0 Å². The Labute approximate surface area is 130 Å². The molecule has 0 aromatic carbocycles. The van der Waals surface area contributed by atoms with Crippen molar-refractivity contribution in [1.82, 2.24) is 9.97 Å². The third kappa shape index (κ3) is 3.12. The summed E-state index contributed by atoms with van der Waals surface area (Å²) in [5.41, 5.74) is 0. The van der Waals surface area contributed by atoms with Gasteiger partial charge < -0.3 is 10.6 Å². The van der Waals surface area contributed by atoms with E-state index in [1.807, 2.05) is 0 Å². The van der Waals surface area contributed by atoms with Gasteiger partial charge in [0.25, 0.3) is 0 Å². The van der Waals surface area contributed by atoms with Crippen LogP contribution in [0.3, 0.4) is 0 Å². The molecule has 0 radical (unpaired) electrons. The quantitative estimate of drug-likeness (QED) is 0.881. The number of anilines is 2. The minimum Gasteiger partial charge on any atom is -0.367 e. The molecular formula is C16H24N4S. The molecule has 0 amide bonds. The third-order valence-corrected chi connectivity index (χ3v) is 5.41. The Balaban J connectivity index is 1.83. The van der Waals surface area contributed by atoms with Crippen molar-refractivity contribution in [3.63, 3.8) is 0 Å². The number of thiophene rings is 1. The molecule has 0 aliphatic heterocycles. The maximum atomic E-state index is 4.67. The van der Waals surface area contributed by atoms with Crippen LogP contribution in [0.5, 0.6) is 0 Å². The van der Waals surface area contributed by atoms with Gasteiger partial charge in [-0.2, -0.15) is 4.98 Å². The van der Waals surface area contributed by atoms with Crippen molar-refractivity contribution in [3.8, 4) is 0 Å². The molecule has 0 spiro atoms. The van der Waals surface area contributed by atoms with Gasteiger partial charge in [0.15, 0.2) is 0 Å². The van der Waals surface area contributed by atoms with Crippen molar-refractivity contribution in [3.05, 3.63) is 11.4 Å². The first-order valence-electron chi connectivity index (χ1n) is 7.93. The van der Waals surface area contributed by atoms with Gasteiger partial charge in [0, 0.05) is 12.6 Å². The molecule has 2 N–H and O–H groups in total. The van der Waals surface area contributed by atoms with Gasteiger partial charge in [-0.15, -0.1) is 11.3 Å². The highest BCUT2D eigenvalue weighted by molar-refractivity contribution is 7.16. The van der Waals surface area contributed by atoms with Crippen LogP contribution in [0.1, 0.15) is 40.0 Å². The number of hydrogen-bond donors (Lipinski definition) is 2. The zero-order valence-corrected chi connectivity index (χ0v) is 13.8. The first-order chi connectivity index (χ1) is 10.2. The standard InChI is InChI=1S/C16H24N4S/c1-4-17-16-19-14(13-7-8-21-15(13)20-16)18-12-6-5-10(2)11(3)9-12/h7-8,10-12H,4-6,9H2,1-3H3,(H2,17,18,19,20). The molecule has 5 heteroatoms. The lowest BCUT2D eigenvalue weighted by molar-refractivity contribution is 0.260. The van der Waals surface area contributed by atoms with Gasteiger partial charge in [0.2, 0.25) is 5.95 Å². The molecule has 0 bridgehead atoms. The summed E-state index contributed by atoms with van der Waals surface area (Å²) >= 11 is 1.67. The van der Waals surface area contributed by atoms with Crippen LogP contribution in [-0.4, -0.2) is 22.6 Å². The molecule has 1 aliphatic carbocycles. The highest BCUT2D eigenvalue weighted by Gasteiger charge is 2.25. The summed E-state index contributed by atoms with van der Waals surface area (Å²) in [5, 5.41) is 10.1. The van der Waals surface area contributed by atoms with Gasteiger partial charge in [0.1, 0.15) is 10.6 Å². The minimum atomic E-state index is 0.531. The summed E-state index contributed by atoms with van der Waals surface area (Å²) in [5.74, 6) is 3.34. The van der Waals surface area contributed by atoms with Crippen LogP contribution in [0, 0.1) is 11.8 Å². The lowest BCUT2D eigenvalue weighted by atomic mass is 9.79. The second-order valence-electron chi connectivity index (χ2n) is 6.17. The third-order valence-electron chi connectivity index (χ3n) is 4.60. The molecule has 4 nitrogen and oxygen atoms in total. The average Bonchev–Trinajstić information content (AvgIpc) is 2.92. The number of rotatable bonds is 4. The molecule has 1 saturated carbocycles. The van der Waals surface area contributed by atoms with Gasteiger partial charge >= 0.3 is 0 Å². The van der Waals surface area contributed by atoms with Crippen LogP contribution in [0.4, 0.5) is 11.8 Å². The number of fused-ring (bicyclic) bond motifs is 1. The Hall–Kier alpha value is -1.36. The second-order valence-corrected chi connectivity index (χ2v) is 7.07. The molecular weight excluding hydrogens is 280 g/mol. The van der Waals surface area contributed by atoms with Crippen LogP contribution in [0.15, 0.2) is 11.4 Å². The van der Waals surface area contributed by atoms with Crippen LogP contribution in [-0.2, 0) is 0 Å². The average molecular weight is 304 g/mol. The van der Waals surface area contributed by atoms with Crippen molar-refractivity contribution in [2.75, 3.05) is 17.2 Å². The number of aromatic nitrogens is 2. The van der Waals surface area contributed by atoms with Crippen LogP contribution < -0.4 is 10.6 Å². The van der Waals surface area contributed by atoms with Gasteiger partial charge in [0.05, 0.1) is 5.39 Å². The Morgan fingerprint density at radius 1 is 1.24 bits per heavy atom. The summed E-state index contributed by atoms with van der Waals surface area (Å²) in [7, 11) is 0. The predicted molar refractivity (Wildman–Crippen MR) is 91.2 cm³/mol. The SMILES string of the molecule is CCNc1nc(NC2CCC(C)C(C)C2)c2ccsc2n1. The molecule has 2 heterocycles. The van der Waals surface area contributed by atoms with Crippen LogP contribution in [0.2, 0.25) is 0 Å². The van der Waals surface area contributed by atoms with Gasteiger partial charge in [-0.25, -0.2) is 4.98 Å². The smallest absolute Gasteiger partial charge is 0.226 e. The Morgan fingerprint density at radius 2 is 2.10 bits per heavy atom. The largest absolute Gasteiger partial charge is 0.367 e. The molecule has 3 rings (SSSR count). The molecule has 114 valence electrons. The number of nitrogens with one attached hydrogen (secondary N) is 2. The first kappa shape index (κ1) is 14.6. The van der Waals surface area contributed by atoms with Gasteiger partial charge in [-0.05, 0) is 49.5 Å². The fraction of sp³-hybridized carbons (Fsp3) is 0.625. The molecule has 1 fully saturated rings. The fourth-order valence-corrected chi connectivity index (χ4v) is 3.84. The Morgan fingerprint density at radius 3 is 2.86 bits per heavy atom. The zero-order valence-electron chi connectivity index (χ0n) is 13.0. The van der Waals surface area contributed by atoms with Crippen molar-refractivity contribution in [2.45, 2.75) is 46.1 Å². The Kier molecular flexibility index (Phi) is 4.29. The normalized spacial score (nSPS) is 26.0. The molecule has 2 aromatic heterocycles. The van der Waals surface area contributed by atoms with Crippen LogP contribution in [0.25, 0.3) is 10.2 Å².